The molecule has 0 aliphatic carbocycles. The van der Waals surface area contributed by atoms with Gasteiger partial charge >= 0.3 is 0 Å². The Morgan fingerprint density at radius 1 is 1.28 bits per heavy atom. The van der Waals surface area contributed by atoms with E-state index in [0.717, 1.165) is 19.6 Å². The van der Waals surface area contributed by atoms with Crippen molar-refractivity contribution in [2.45, 2.75) is 20.3 Å². The highest BCUT2D eigenvalue weighted by molar-refractivity contribution is 5.96. The van der Waals surface area contributed by atoms with Crippen LogP contribution in [0.1, 0.15) is 30.6 Å². The number of nitrogens with one attached hydrogen (secondary N) is 1. The second-order valence-electron chi connectivity index (χ2n) is 6.81. The van der Waals surface area contributed by atoms with Crippen LogP contribution in [0.3, 0.4) is 0 Å². The van der Waals surface area contributed by atoms with Gasteiger partial charge in [0.2, 0.25) is 11.8 Å². The molecule has 2 heterocycles. The van der Waals surface area contributed by atoms with Crippen LogP contribution in [0, 0.1) is 5.92 Å². The van der Waals surface area contributed by atoms with Gasteiger partial charge in [0.05, 0.1) is 7.11 Å². The molecule has 0 aromatic carbocycles. The average Bonchev–Trinajstić information content (AvgIpc) is 2.95. The fraction of sp³-hybridized carbons (Fsp3) is 0.706. The van der Waals surface area contributed by atoms with Crippen LogP contribution >= 0.6 is 0 Å². The minimum Gasteiger partial charge on any atom is -0.479 e. The molecule has 2 rings (SSSR count). The van der Waals surface area contributed by atoms with Gasteiger partial charge in [-0.3, -0.25) is 19.2 Å². The Balaban J connectivity index is 1.75. The number of aryl methyl sites for hydroxylation is 1. The van der Waals surface area contributed by atoms with Gasteiger partial charge in [0.15, 0.2) is 0 Å². The van der Waals surface area contributed by atoms with E-state index in [2.05, 4.69) is 15.3 Å². The molecule has 8 heteroatoms. The Bertz CT molecular complexity index is 591. The monoisotopic (exact) mass is 351 g/mol. The Hall–Kier alpha value is -2.09. The zero-order valence-electron chi connectivity index (χ0n) is 15.6. The zero-order valence-corrected chi connectivity index (χ0v) is 15.6. The van der Waals surface area contributed by atoms with E-state index in [1.807, 2.05) is 18.7 Å². The number of methoxy groups -OCH3 is 1. The predicted molar refractivity (Wildman–Crippen MR) is 94.6 cm³/mol. The fourth-order valence-corrected chi connectivity index (χ4v) is 2.91. The molecule has 1 aliphatic rings. The summed E-state index contributed by atoms with van der Waals surface area (Å²) < 4.78 is 6.76. The maximum Gasteiger partial charge on any atom is 0.261 e. The van der Waals surface area contributed by atoms with Crippen molar-refractivity contribution >= 4 is 11.8 Å². The Kier molecular flexibility index (Phi) is 6.81. The topological polar surface area (TPSA) is 79.7 Å². The molecule has 25 heavy (non-hydrogen) atoms. The third kappa shape index (κ3) is 5.45. The van der Waals surface area contributed by atoms with Crippen LogP contribution in [0.25, 0.3) is 0 Å². The van der Waals surface area contributed by atoms with E-state index in [1.165, 1.54) is 7.11 Å². The van der Waals surface area contributed by atoms with E-state index in [0.29, 0.717) is 43.4 Å². The molecular weight excluding hydrogens is 322 g/mol. The first kappa shape index (κ1) is 19.2. The SMILES string of the molecule is COc1nn(C)cc1C(=O)N1CCN(CCNC(=O)CC(C)C)CC1. The highest BCUT2D eigenvalue weighted by atomic mass is 16.5. The maximum atomic E-state index is 12.6. The van der Waals surface area contributed by atoms with E-state index in [9.17, 15) is 9.59 Å². The first-order chi connectivity index (χ1) is 11.9. The summed E-state index contributed by atoms with van der Waals surface area (Å²) in [6, 6.07) is 0. The van der Waals surface area contributed by atoms with Gasteiger partial charge in [-0.05, 0) is 5.92 Å². The number of carbonyl (C=O) groups is 2. The molecule has 140 valence electrons. The van der Waals surface area contributed by atoms with Crippen LogP contribution in [-0.2, 0) is 11.8 Å². The summed E-state index contributed by atoms with van der Waals surface area (Å²) >= 11 is 0. The lowest BCUT2D eigenvalue weighted by atomic mass is 10.1. The van der Waals surface area contributed by atoms with Crippen LogP contribution in [0.15, 0.2) is 6.20 Å². The third-order valence-corrected chi connectivity index (χ3v) is 4.22. The summed E-state index contributed by atoms with van der Waals surface area (Å²) in [6.07, 6.45) is 2.26. The van der Waals surface area contributed by atoms with Crippen molar-refractivity contribution in [1.29, 1.82) is 0 Å². The standard InChI is InChI=1S/C17H29N5O3/c1-13(2)11-15(23)18-5-6-21-7-9-22(10-8-21)17(24)14-12-20(3)19-16(14)25-4/h12-13H,5-11H2,1-4H3,(H,18,23). The van der Waals surface area contributed by atoms with E-state index in [4.69, 9.17) is 4.74 Å². The number of hydrogen-bond donors (Lipinski definition) is 1. The molecule has 1 saturated heterocycles. The summed E-state index contributed by atoms with van der Waals surface area (Å²) in [5.41, 5.74) is 0.499. The van der Waals surface area contributed by atoms with Crippen LogP contribution in [0.2, 0.25) is 0 Å². The van der Waals surface area contributed by atoms with Gasteiger partial charge in [0.1, 0.15) is 5.56 Å². The second-order valence-corrected chi connectivity index (χ2v) is 6.81. The molecule has 0 atom stereocenters. The maximum absolute atomic E-state index is 12.6. The summed E-state index contributed by atoms with van der Waals surface area (Å²) in [4.78, 5) is 28.4. The smallest absolute Gasteiger partial charge is 0.261 e. The lowest BCUT2D eigenvalue weighted by Crippen LogP contribution is -2.50. The molecule has 1 N–H and O–H groups in total. The number of carbonyl (C=O) groups excluding carboxylic acids is 2. The van der Waals surface area contributed by atoms with Gasteiger partial charge < -0.3 is 15.0 Å². The molecular formula is C17H29N5O3. The van der Waals surface area contributed by atoms with E-state index >= 15 is 0 Å². The van der Waals surface area contributed by atoms with Gasteiger partial charge in [0.25, 0.3) is 5.91 Å². The summed E-state index contributed by atoms with van der Waals surface area (Å²) in [5, 5.41) is 7.08. The Morgan fingerprint density at radius 3 is 2.56 bits per heavy atom. The molecule has 1 aliphatic heterocycles. The van der Waals surface area contributed by atoms with Crippen molar-refractivity contribution < 1.29 is 14.3 Å². The highest BCUT2D eigenvalue weighted by Gasteiger charge is 2.25. The Morgan fingerprint density at radius 2 is 1.96 bits per heavy atom. The molecule has 1 aromatic heterocycles. The highest BCUT2D eigenvalue weighted by Crippen LogP contribution is 2.18. The minimum atomic E-state index is -0.0464. The van der Waals surface area contributed by atoms with Crippen LogP contribution < -0.4 is 10.1 Å². The van der Waals surface area contributed by atoms with Gasteiger partial charge in [0, 0.05) is 58.9 Å². The predicted octanol–water partition coefficient (Wildman–Crippen LogP) is 0.349. The third-order valence-electron chi connectivity index (χ3n) is 4.22. The molecule has 0 saturated carbocycles. The van der Waals surface area contributed by atoms with E-state index in [-0.39, 0.29) is 11.8 Å². The first-order valence-electron chi connectivity index (χ1n) is 8.76. The van der Waals surface area contributed by atoms with Crippen molar-refractivity contribution in [3.05, 3.63) is 11.8 Å². The fourth-order valence-electron chi connectivity index (χ4n) is 2.91. The van der Waals surface area contributed by atoms with Crippen molar-refractivity contribution in [2.75, 3.05) is 46.4 Å². The molecule has 0 spiro atoms. The van der Waals surface area contributed by atoms with Crippen molar-refractivity contribution in [3.63, 3.8) is 0 Å². The number of hydrogen-bond acceptors (Lipinski definition) is 5. The van der Waals surface area contributed by atoms with Crippen molar-refractivity contribution in [1.82, 2.24) is 24.9 Å². The molecule has 8 nitrogen and oxygen atoms in total. The van der Waals surface area contributed by atoms with Crippen LogP contribution in [0.5, 0.6) is 5.88 Å². The second kappa shape index (κ2) is 8.84. The lowest BCUT2D eigenvalue weighted by Gasteiger charge is -2.34. The lowest BCUT2D eigenvalue weighted by molar-refractivity contribution is -0.121. The normalized spacial score (nSPS) is 15.5. The number of amides is 2. The van der Waals surface area contributed by atoms with E-state index < -0.39 is 0 Å². The first-order valence-corrected chi connectivity index (χ1v) is 8.76. The summed E-state index contributed by atoms with van der Waals surface area (Å²) in [7, 11) is 3.29. The molecule has 2 amide bonds. The number of rotatable bonds is 7. The minimum absolute atomic E-state index is 0.0464. The van der Waals surface area contributed by atoms with Gasteiger partial charge in [-0.15, -0.1) is 5.10 Å². The molecule has 0 bridgehead atoms. The molecule has 0 radical (unpaired) electrons. The molecule has 1 fully saturated rings. The average molecular weight is 351 g/mol. The van der Waals surface area contributed by atoms with Crippen molar-refractivity contribution in [2.24, 2.45) is 13.0 Å². The van der Waals surface area contributed by atoms with E-state index in [1.54, 1.807) is 17.9 Å². The summed E-state index contributed by atoms with van der Waals surface area (Å²) in [5.74, 6) is 0.796. The van der Waals surface area contributed by atoms with Crippen LogP contribution in [0.4, 0.5) is 0 Å². The van der Waals surface area contributed by atoms with Gasteiger partial charge in [-0.2, -0.15) is 0 Å². The molecule has 1 aromatic rings. The van der Waals surface area contributed by atoms with Crippen LogP contribution in [-0.4, -0.2) is 77.8 Å². The van der Waals surface area contributed by atoms with Crippen molar-refractivity contribution in [3.8, 4) is 5.88 Å². The number of piperazine rings is 1. The number of aromatic nitrogens is 2. The summed E-state index contributed by atoms with van der Waals surface area (Å²) in [6.45, 7) is 8.45. The zero-order chi connectivity index (χ0) is 18.4. The van der Waals surface area contributed by atoms with Gasteiger partial charge in [-0.1, -0.05) is 13.8 Å². The largest absolute Gasteiger partial charge is 0.479 e. The quantitative estimate of drug-likeness (QED) is 0.767. The molecule has 0 unspecified atom stereocenters. The van der Waals surface area contributed by atoms with Gasteiger partial charge in [-0.25, -0.2) is 0 Å². The number of nitrogens with zero attached hydrogens (tertiary/aromatic N) is 4. The Labute approximate surface area is 149 Å². The number of ether oxygens (including phenoxy) is 1.